The van der Waals surface area contributed by atoms with E-state index in [-0.39, 0.29) is 6.42 Å². The number of nitrogens with zero attached hydrogens (tertiary/aromatic N) is 1. The van der Waals surface area contributed by atoms with Crippen molar-refractivity contribution in [3.05, 3.63) is 28.5 Å². The predicted octanol–water partition coefficient (Wildman–Crippen LogP) is 1.11. The van der Waals surface area contributed by atoms with E-state index in [0.29, 0.717) is 12.1 Å². The van der Waals surface area contributed by atoms with E-state index in [1.54, 1.807) is 18.3 Å². The molecule has 2 N–H and O–H groups in total. The summed E-state index contributed by atoms with van der Waals surface area (Å²) >= 11 is 3.22. The van der Waals surface area contributed by atoms with Crippen LogP contribution < -0.4 is 5.32 Å². The first-order valence-corrected chi connectivity index (χ1v) is 4.95. The van der Waals surface area contributed by atoms with Crippen LogP contribution >= 0.6 is 15.9 Å². The molecule has 0 radical (unpaired) electrons. The molecule has 1 unspecified atom stereocenters. The van der Waals surface area contributed by atoms with Crippen LogP contribution in [0.15, 0.2) is 22.8 Å². The van der Waals surface area contributed by atoms with Crippen molar-refractivity contribution < 1.29 is 14.7 Å². The fourth-order valence-corrected chi connectivity index (χ4v) is 1.33. The fourth-order valence-electron chi connectivity index (χ4n) is 1.10. The van der Waals surface area contributed by atoms with Crippen molar-refractivity contribution in [3.8, 4) is 0 Å². The van der Waals surface area contributed by atoms with Gasteiger partial charge in [0.1, 0.15) is 0 Å². The van der Waals surface area contributed by atoms with E-state index < -0.39 is 12.0 Å². The van der Waals surface area contributed by atoms with Crippen LogP contribution in [-0.4, -0.2) is 22.5 Å². The number of rotatable bonds is 5. The first-order chi connectivity index (χ1) is 7.13. The van der Waals surface area contributed by atoms with Crippen molar-refractivity contribution in [2.75, 3.05) is 0 Å². The first kappa shape index (κ1) is 11.6. The van der Waals surface area contributed by atoms with Crippen LogP contribution in [0.3, 0.4) is 0 Å². The van der Waals surface area contributed by atoms with Crippen LogP contribution in [0.2, 0.25) is 0 Å². The number of hydrogen-bond donors (Lipinski definition) is 2. The zero-order valence-electron chi connectivity index (χ0n) is 7.68. The summed E-state index contributed by atoms with van der Waals surface area (Å²) < 4.78 is 0.798. The normalized spacial score (nSPS) is 11.8. The number of aliphatic carboxylic acids is 1. The topological polar surface area (TPSA) is 79.3 Å². The molecule has 0 aromatic carbocycles. The van der Waals surface area contributed by atoms with E-state index in [1.807, 2.05) is 0 Å². The summed E-state index contributed by atoms with van der Waals surface area (Å²) in [6.07, 6.45) is 1.83. The first-order valence-electron chi connectivity index (χ1n) is 4.16. The summed E-state index contributed by atoms with van der Waals surface area (Å²) in [5, 5.41) is 11.0. The number of carbonyl (C=O) groups is 2. The van der Waals surface area contributed by atoms with Crippen LogP contribution in [0, 0.1) is 0 Å². The average molecular weight is 273 g/mol. The van der Waals surface area contributed by atoms with Gasteiger partial charge in [0.2, 0.25) is 6.41 Å². The Bertz CT molecular complexity index is 353. The SMILES string of the molecule is O=CNC(CC(=O)O)c1ccc(Br)cn1. The fraction of sp³-hybridized carbons (Fsp3) is 0.222. The van der Waals surface area contributed by atoms with Crippen molar-refractivity contribution >= 4 is 28.3 Å². The second-order valence-electron chi connectivity index (χ2n) is 2.84. The molecule has 0 bridgehead atoms. The maximum absolute atomic E-state index is 10.5. The van der Waals surface area contributed by atoms with Gasteiger partial charge in [-0.15, -0.1) is 0 Å². The molecule has 15 heavy (non-hydrogen) atoms. The van der Waals surface area contributed by atoms with Gasteiger partial charge in [0, 0.05) is 10.7 Å². The molecular formula is C9H9BrN2O3. The number of pyridine rings is 1. The van der Waals surface area contributed by atoms with Crippen LogP contribution in [-0.2, 0) is 9.59 Å². The number of carboxylic acid groups (broad SMARTS) is 1. The van der Waals surface area contributed by atoms with Gasteiger partial charge in [-0.2, -0.15) is 0 Å². The molecule has 1 aromatic rings. The number of amides is 1. The summed E-state index contributed by atoms with van der Waals surface area (Å²) in [4.78, 5) is 24.8. The molecule has 1 aromatic heterocycles. The third kappa shape index (κ3) is 3.67. The van der Waals surface area contributed by atoms with Crippen molar-refractivity contribution in [3.63, 3.8) is 0 Å². The van der Waals surface area contributed by atoms with Gasteiger partial charge in [0.15, 0.2) is 0 Å². The third-order valence-electron chi connectivity index (χ3n) is 1.76. The second kappa shape index (κ2) is 5.45. The van der Waals surface area contributed by atoms with Gasteiger partial charge in [0.05, 0.1) is 18.2 Å². The zero-order valence-corrected chi connectivity index (χ0v) is 9.27. The van der Waals surface area contributed by atoms with E-state index in [0.717, 1.165) is 4.47 Å². The molecule has 0 spiro atoms. The van der Waals surface area contributed by atoms with E-state index in [9.17, 15) is 9.59 Å². The van der Waals surface area contributed by atoms with Gasteiger partial charge in [0.25, 0.3) is 0 Å². The standard InChI is InChI=1S/C9H9BrN2O3/c10-6-1-2-7(11-4-6)8(12-5-13)3-9(14)15/h1-2,4-5,8H,3H2,(H,12,13)(H,14,15). The molecule has 1 amide bonds. The smallest absolute Gasteiger partial charge is 0.305 e. The van der Waals surface area contributed by atoms with E-state index in [2.05, 4.69) is 26.2 Å². The van der Waals surface area contributed by atoms with E-state index in [4.69, 9.17) is 5.11 Å². The van der Waals surface area contributed by atoms with Crippen LogP contribution in [0.5, 0.6) is 0 Å². The lowest BCUT2D eigenvalue weighted by atomic mass is 10.1. The van der Waals surface area contributed by atoms with Crippen molar-refractivity contribution in [2.45, 2.75) is 12.5 Å². The molecule has 0 saturated carbocycles. The molecule has 0 aliphatic carbocycles. The van der Waals surface area contributed by atoms with Crippen LogP contribution in [0.25, 0.3) is 0 Å². The maximum Gasteiger partial charge on any atom is 0.305 e. The van der Waals surface area contributed by atoms with Crippen molar-refractivity contribution in [1.82, 2.24) is 10.3 Å². The lowest BCUT2D eigenvalue weighted by molar-refractivity contribution is -0.137. The Morgan fingerprint density at radius 2 is 2.40 bits per heavy atom. The van der Waals surface area contributed by atoms with Gasteiger partial charge in [-0.25, -0.2) is 0 Å². The number of nitrogens with one attached hydrogen (secondary N) is 1. The Kier molecular flexibility index (Phi) is 4.23. The average Bonchev–Trinajstić information content (AvgIpc) is 2.17. The largest absolute Gasteiger partial charge is 0.481 e. The molecule has 1 atom stereocenters. The highest BCUT2D eigenvalue weighted by molar-refractivity contribution is 9.10. The Morgan fingerprint density at radius 1 is 1.67 bits per heavy atom. The number of carboxylic acids is 1. The van der Waals surface area contributed by atoms with Gasteiger partial charge in [-0.05, 0) is 28.1 Å². The highest BCUT2D eigenvalue weighted by Crippen LogP contribution is 2.16. The van der Waals surface area contributed by atoms with Gasteiger partial charge in [-0.1, -0.05) is 0 Å². The molecule has 0 saturated heterocycles. The molecule has 1 heterocycles. The molecule has 5 nitrogen and oxygen atoms in total. The Hall–Kier alpha value is -1.43. The van der Waals surface area contributed by atoms with Crippen LogP contribution in [0.1, 0.15) is 18.2 Å². The van der Waals surface area contributed by atoms with Crippen molar-refractivity contribution in [1.29, 1.82) is 0 Å². The number of halogens is 1. The molecular weight excluding hydrogens is 264 g/mol. The Morgan fingerprint density at radius 3 is 2.87 bits per heavy atom. The second-order valence-corrected chi connectivity index (χ2v) is 3.75. The summed E-state index contributed by atoms with van der Waals surface area (Å²) in [6.45, 7) is 0. The molecule has 6 heteroatoms. The predicted molar refractivity (Wildman–Crippen MR) is 56.1 cm³/mol. The minimum atomic E-state index is -0.987. The Balaban J connectivity index is 2.83. The minimum absolute atomic E-state index is 0.187. The van der Waals surface area contributed by atoms with Gasteiger partial charge < -0.3 is 10.4 Å². The maximum atomic E-state index is 10.5. The zero-order chi connectivity index (χ0) is 11.3. The molecule has 1 rings (SSSR count). The molecule has 0 aliphatic heterocycles. The number of hydrogen-bond acceptors (Lipinski definition) is 3. The summed E-state index contributed by atoms with van der Waals surface area (Å²) in [7, 11) is 0. The summed E-state index contributed by atoms with van der Waals surface area (Å²) in [5.41, 5.74) is 0.521. The lowest BCUT2D eigenvalue weighted by Crippen LogP contribution is -2.23. The number of carbonyl (C=O) groups excluding carboxylic acids is 1. The van der Waals surface area contributed by atoms with Gasteiger partial charge in [-0.3, -0.25) is 14.6 Å². The van der Waals surface area contributed by atoms with E-state index in [1.165, 1.54) is 0 Å². The van der Waals surface area contributed by atoms with Gasteiger partial charge >= 0.3 is 5.97 Å². The molecule has 80 valence electrons. The minimum Gasteiger partial charge on any atom is -0.481 e. The molecule has 0 aliphatic rings. The summed E-state index contributed by atoms with van der Waals surface area (Å²) in [6, 6.07) is 2.81. The number of aromatic nitrogens is 1. The Labute approximate surface area is 94.6 Å². The van der Waals surface area contributed by atoms with E-state index >= 15 is 0 Å². The lowest BCUT2D eigenvalue weighted by Gasteiger charge is -2.12. The third-order valence-corrected chi connectivity index (χ3v) is 2.22. The summed E-state index contributed by atoms with van der Waals surface area (Å²) in [5.74, 6) is -0.987. The molecule has 0 fully saturated rings. The quantitative estimate of drug-likeness (QED) is 0.787. The highest BCUT2D eigenvalue weighted by atomic mass is 79.9. The highest BCUT2D eigenvalue weighted by Gasteiger charge is 2.15. The van der Waals surface area contributed by atoms with Crippen molar-refractivity contribution in [2.24, 2.45) is 0 Å². The van der Waals surface area contributed by atoms with Crippen LogP contribution in [0.4, 0.5) is 0 Å². The monoisotopic (exact) mass is 272 g/mol.